The Hall–Kier alpha value is -2.18. The van der Waals surface area contributed by atoms with Crippen molar-refractivity contribution >= 4 is 73.4 Å². The summed E-state index contributed by atoms with van der Waals surface area (Å²) in [7, 11) is -3.36. The van der Waals surface area contributed by atoms with E-state index in [1.54, 1.807) is 12.1 Å². The Labute approximate surface area is 194 Å². The molecule has 13 heteroatoms. The van der Waals surface area contributed by atoms with Crippen molar-refractivity contribution in [3.8, 4) is 0 Å². The van der Waals surface area contributed by atoms with Crippen LogP contribution in [0.2, 0.25) is 10.0 Å². The van der Waals surface area contributed by atoms with E-state index < -0.39 is 20.7 Å². The van der Waals surface area contributed by atoms with Gasteiger partial charge in [-0.05, 0) is 24.1 Å². The number of aryl methyl sites for hydroxylation is 1. The second kappa shape index (κ2) is 8.40. The van der Waals surface area contributed by atoms with Crippen LogP contribution in [0.1, 0.15) is 15.2 Å². The van der Waals surface area contributed by atoms with Crippen LogP contribution < -0.4 is 5.32 Å². The summed E-state index contributed by atoms with van der Waals surface area (Å²) in [6.45, 7) is 0. The number of hydrogen-bond donors (Lipinski definition) is 1. The summed E-state index contributed by atoms with van der Waals surface area (Å²) in [4.78, 5) is 28.1. The lowest BCUT2D eigenvalue weighted by Crippen LogP contribution is -2.10. The number of hydrogen-bond acceptors (Lipinski definition) is 8. The molecule has 0 saturated heterocycles. The molecule has 1 aliphatic rings. The molecule has 4 rings (SSSR count). The molecule has 31 heavy (non-hydrogen) atoms. The Morgan fingerprint density at radius 2 is 1.94 bits per heavy atom. The smallest absolute Gasteiger partial charge is 0.294 e. The van der Waals surface area contributed by atoms with Crippen molar-refractivity contribution in [3.05, 3.63) is 67.3 Å². The predicted octanol–water partition coefficient (Wildman–Crippen LogP) is 5.09. The van der Waals surface area contributed by atoms with Gasteiger partial charge in [0.25, 0.3) is 11.6 Å². The number of thiophene rings is 1. The highest BCUT2D eigenvalue weighted by atomic mass is 35.5. The number of aromatic nitrogens is 1. The molecular formula is C18H11Cl2N3O5S3. The topological polar surface area (TPSA) is 119 Å². The fraction of sp³-hybridized carbons (Fsp3) is 0.111. The number of amides is 1. The molecule has 2 aromatic heterocycles. The zero-order valence-corrected chi connectivity index (χ0v) is 19.3. The number of carbonyl (C=O) groups is 1. The number of pyridine rings is 1. The maximum atomic E-state index is 12.7. The van der Waals surface area contributed by atoms with Gasteiger partial charge in [0.2, 0.25) is 0 Å². The number of carbonyl (C=O) groups excluding carboxylic acids is 1. The van der Waals surface area contributed by atoms with E-state index in [1.807, 2.05) is 0 Å². The number of nitro groups is 1. The summed E-state index contributed by atoms with van der Waals surface area (Å²) >= 11 is 14.1. The molecule has 160 valence electrons. The van der Waals surface area contributed by atoms with Crippen LogP contribution in [-0.4, -0.2) is 30.0 Å². The SMILES string of the molecule is O=C(Nc1ccc2c(c1)S(=O)(=O)CC2)c1cc([N+](=O)[O-])c(Sc2c(Cl)cncc2Cl)s1. The molecule has 0 bridgehead atoms. The minimum atomic E-state index is -3.36. The highest BCUT2D eigenvalue weighted by molar-refractivity contribution is 8.01. The Balaban J connectivity index is 1.63. The summed E-state index contributed by atoms with van der Waals surface area (Å²) in [6.07, 6.45) is 3.17. The normalized spacial score (nSPS) is 14.3. The van der Waals surface area contributed by atoms with Crippen LogP contribution in [0.4, 0.5) is 11.4 Å². The van der Waals surface area contributed by atoms with E-state index in [0.717, 1.165) is 29.2 Å². The fourth-order valence-corrected chi connectivity index (χ4v) is 7.28. The average Bonchev–Trinajstić information content (AvgIpc) is 3.26. The zero-order chi connectivity index (χ0) is 22.3. The molecular weight excluding hydrogens is 505 g/mol. The lowest BCUT2D eigenvalue weighted by atomic mass is 10.1. The monoisotopic (exact) mass is 515 g/mol. The van der Waals surface area contributed by atoms with Crippen LogP contribution in [0.15, 0.2) is 50.7 Å². The van der Waals surface area contributed by atoms with Crippen molar-refractivity contribution in [2.24, 2.45) is 0 Å². The number of nitrogens with zero attached hydrogens (tertiary/aromatic N) is 2. The van der Waals surface area contributed by atoms with E-state index in [1.165, 1.54) is 18.5 Å². The third kappa shape index (κ3) is 4.41. The molecule has 0 radical (unpaired) electrons. The third-order valence-corrected chi connectivity index (χ3v) is 9.45. The molecule has 8 nitrogen and oxygen atoms in total. The number of anilines is 1. The molecule has 0 aliphatic carbocycles. The summed E-state index contributed by atoms with van der Waals surface area (Å²) < 4.78 is 24.4. The maximum absolute atomic E-state index is 12.7. The Kier molecular flexibility index (Phi) is 5.97. The fourth-order valence-electron chi connectivity index (χ4n) is 2.94. The number of benzene rings is 1. The standard InChI is InChI=1S/C18H11Cl2N3O5S3/c19-11-7-21-8-12(20)16(11)30-18-13(23(25)26)6-14(29-18)17(24)22-10-2-1-9-3-4-31(27,28)15(9)5-10/h1-2,5-8H,3-4H2,(H,22,24). The van der Waals surface area contributed by atoms with E-state index in [0.29, 0.717) is 22.6 Å². The van der Waals surface area contributed by atoms with Gasteiger partial charge in [-0.25, -0.2) is 8.42 Å². The molecule has 0 saturated carbocycles. The van der Waals surface area contributed by atoms with Gasteiger partial charge in [-0.3, -0.25) is 19.9 Å². The van der Waals surface area contributed by atoms with Crippen molar-refractivity contribution in [3.63, 3.8) is 0 Å². The first-order valence-electron chi connectivity index (χ1n) is 8.58. The zero-order valence-electron chi connectivity index (χ0n) is 15.3. The average molecular weight is 516 g/mol. The van der Waals surface area contributed by atoms with Crippen molar-refractivity contribution < 1.29 is 18.1 Å². The lowest BCUT2D eigenvalue weighted by Gasteiger charge is -2.06. The lowest BCUT2D eigenvalue weighted by molar-refractivity contribution is -0.387. The van der Waals surface area contributed by atoms with Crippen LogP contribution in [-0.2, 0) is 16.3 Å². The molecule has 1 N–H and O–H groups in total. The van der Waals surface area contributed by atoms with Gasteiger partial charge in [-0.2, -0.15) is 0 Å². The van der Waals surface area contributed by atoms with E-state index in [-0.39, 0.29) is 35.5 Å². The Morgan fingerprint density at radius 1 is 1.23 bits per heavy atom. The van der Waals surface area contributed by atoms with Gasteiger partial charge in [0.15, 0.2) is 9.84 Å². The van der Waals surface area contributed by atoms with Gasteiger partial charge in [0.1, 0.15) is 9.09 Å². The van der Waals surface area contributed by atoms with Crippen LogP contribution in [0, 0.1) is 10.1 Å². The Bertz CT molecular complexity index is 1320. The van der Waals surface area contributed by atoms with Gasteiger partial charge in [0, 0.05) is 24.1 Å². The first-order chi connectivity index (χ1) is 14.7. The first-order valence-corrected chi connectivity index (χ1v) is 12.6. The quantitative estimate of drug-likeness (QED) is 0.371. The minimum absolute atomic E-state index is 0.0392. The summed E-state index contributed by atoms with van der Waals surface area (Å²) in [6, 6.07) is 5.83. The molecule has 1 aliphatic heterocycles. The van der Waals surface area contributed by atoms with Gasteiger partial charge < -0.3 is 5.32 Å². The van der Waals surface area contributed by atoms with E-state index in [4.69, 9.17) is 23.2 Å². The summed E-state index contributed by atoms with van der Waals surface area (Å²) in [5.74, 6) is -0.556. The summed E-state index contributed by atoms with van der Waals surface area (Å²) in [5, 5.41) is 14.6. The van der Waals surface area contributed by atoms with Crippen LogP contribution >= 0.6 is 46.3 Å². The first kappa shape index (κ1) is 22.0. The van der Waals surface area contributed by atoms with E-state index >= 15 is 0 Å². The van der Waals surface area contributed by atoms with E-state index in [2.05, 4.69) is 10.3 Å². The second-order valence-electron chi connectivity index (χ2n) is 6.42. The molecule has 0 fully saturated rings. The van der Waals surface area contributed by atoms with Crippen LogP contribution in [0.25, 0.3) is 0 Å². The predicted molar refractivity (Wildman–Crippen MR) is 120 cm³/mol. The minimum Gasteiger partial charge on any atom is -0.321 e. The molecule has 0 unspecified atom stereocenters. The molecule has 1 amide bonds. The van der Waals surface area contributed by atoms with Gasteiger partial charge in [0.05, 0.1) is 30.5 Å². The largest absolute Gasteiger partial charge is 0.321 e. The van der Waals surface area contributed by atoms with Gasteiger partial charge in [-0.15, -0.1) is 11.3 Å². The van der Waals surface area contributed by atoms with Gasteiger partial charge in [-0.1, -0.05) is 41.0 Å². The van der Waals surface area contributed by atoms with Crippen molar-refractivity contribution in [1.29, 1.82) is 0 Å². The molecule has 3 aromatic rings. The molecule has 0 atom stereocenters. The molecule has 3 heterocycles. The number of fused-ring (bicyclic) bond motifs is 1. The number of nitrogens with one attached hydrogen (secondary N) is 1. The van der Waals surface area contributed by atoms with Crippen LogP contribution in [0.3, 0.4) is 0 Å². The van der Waals surface area contributed by atoms with Crippen molar-refractivity contribution in [1.82, 2.24) is 4.98 Å². The second-order valence-corrected chi connectivity index (χ2v) is 11.6. The van der Waals surface area contributed by atoms with Crippen molar-refractivity contribution in [2.45, 2.75) is 20.4 Å². The van der Waals surface area contributed by atoms with Gasteiger partial charge >= 0.3 is 0 Å². The summed E-state index contributed by atoms with van der Waals surface area (Å²) in [5.41, 5.74) is 0.731. The van der Waals surface area contributed by atoms with Crippen molar-refractivity contribution in [2.75, 3.05) is 11.1 Å². The highest BCUT2D eigenvalue weighted by Gasteiger charge is 2.28. The number of sulfone groups is 1. The molecule has 1 aromatic carbocycles. The highest BCUT2D eigenvalue weighted by Crippen LogP contribution is 2.45. The third-order valence-electron chi connectivity index (χ3n) is 4.40. The number of halogens is 2. The number of rotatable bonds is 5. The molecule has 0 spiro atoms. The van der Waals surface area contributed by atoms with E-state index in [9.17, 15) is 23.3 Å². The maximum Gasteiger partial charge on any atom is 0.294 e. The Morgan fingerprint density at radius 3 is 2.61 bits per heavy atom. The van der Waals surface area contributed by atoms with Crippen LogP contribution in [0.5, 0.6) is 0 Å².